The lowest BCUT2D eigenvalue weighted by Gasteiger charge is -2.28. The summed E-state index contributed by atoms with van der Waals surface area (Å²) in [5.74, 6) is -0.0564. The first-order valence-corrected chi connectivity index (χ1v) is 7.85. The van der Waals surface area contributed by atoms with Gasteiger partial charge in [0.1, 0.15) is 0 Å². The average Bonchev–Trinajstić information content (AvgIpc) is 2.59. The van der Waals surface area contributed by atoms with E-state index >= 15 is 0 Å². The Labute approximate surface area is 136 Å². The fourth-order valence-corrected chi connectivity index (χ4v) is 2.79. The highest BCUT2D eigenvalue weighted by Gasteiger charge is 2.22. The second kappa shape index (κ2) is 7.09. The molecule has 0 radical (unpaired) electrons. The number of hydrogen-bond donors (Lipinski definition) is 0. The van der Waals surface area contributed by atoms with Gasteiger partial charge in [0.05, 0.1) is 6.21 Å². The number of amides is 1. The predicted octanol–water partition coefficient (Wildman–Crippen LogP) is 3.32. The molecule has 0 aliphatic carbocycles. The van der Waals surface area contributed by atoms with E-state index in [4.69, 9.17) is 4.84 Å². The van der Waals surface area contributed by atoms with Gasteiger partial charge in [-0.25, -0.2) is 0 Å². The molecule has 0 unspecified atom stereocenters. The summed E-state index contributed by atoms with van der Waals surface area (Å²) in [7, 11) is 0. The summed E-state index contributed by atoms with van der Waals surface area (Å²) >= 11 is 0. The largest absolute Gasteiger partial charge is 0.386 e. The summed E-state index contributed by atoms with van der Waals surface area (Å²) in [6.45, 7) is 2.70. The molecule has 118 valence electrons. The second-order valence-corrected chi connectivity index (χ2v) is 5.64. The van der Waals surface area contributed by atoms with Crippen molar-refractivity contribution in [3.8, 4) is 0 Å². The number of benzene rings is 2. The Hall–Kier alpha value is -2.62. The lowest BCUT2D eigenvalue weighted by atomic mass is 10.0. The van der Waals surface area contributed by atoms with Gasteiger partial charge >= 0.3 is 0 Å². The van der Waals surface area contributed by atoms with Crippen molar-refractivity contribution >= 4 is 17.8 Å². The van der Waals surface area contributed by atoms with Crippen LogP contribution < -0.4 is 4.90 Å². The number of carbonyl (C=O) groups excluding carboxylic acids is 1. The van der Waals surface area contributed by atoms with Crippen LogP contribution >= 0.6 is 0 Å². The lowest BCUT2D eigenvalue weighted by Crippen LogP contribution is -2.37. The average molecular weight is 308 g/mol. The number of nitrogens with zero attached hydrogens (tertiary/aromatic N) is 2. The standard InChI is InChI=1S/C19H20N2O2/c1-15-7-2-3-9-17(15)13-20-23-14-19(22)21-12-6-10-16-8-4-5-11-18(16)21/h2-5,7-9,11,13H,6,10,12,14H2,1H3/b20-13-. The monoisotopic (exact) mass is 308 g/mol. The molecule has 0 spiro atoms. The molecule has 1 aliphatic rings. The van der Waals surface area contributed by atoms with Gasteiger partial charge in [-0.05, 0) is 42.5 Å². The molecule has 0 saturated carbocycles. The number of aryl methyl sites for hydroxylation is 2. The first kappa shape index (κ1) is 15.3. The van der Waals surface area contributed by atoms with Crippen LogP contribution in [0.15, 0.2) is 53.7 Å². The van der Waals surface area contributed by atoms with Crippen LogP contribution in [0.5, 0.6) is 0 Å². The topological polar surface area (TPSA) is 41.9 Å². The van der Waals surface area contributed by atoms with E-state index in [0.717, 1.165) is 36.2 Å². The summed E-state index contributed by atoms with van der Waals surface area (Å²) in [4.78, 5) is 19.4. The van der Waals surface area contributed by atoms with Gasteiger partial charge in [-0.15, -0.1) is 0 Å². The minimum absolute atomic E-state index is 0.0449. The molecular formula is C19H20N2O2. The van der Waals surface area contributed by atoms with E-state index in [0.29, 0.717) is 0 Å². The molecule has 0 saturated heterocycles. The zero-order chi connectivity index (χ0) is 16.1. The molecule has 4 nitrogen and oxygen atoms in total. The van der Waals surface area contributed by atoms with Crippen LogP contribution in [0.25, 0.3) is 0 Å². The fourth-order valence-electron chi connectivity index (χ4n) is 2.79. The number of hydrogen-bond acceptors (Lipinski definition) is 3. The maximum Gasteiger partial charge on any atom is 0.267 e. The van der Waals surface area contributed by atoms with Crippen LogP contribution in [0, 0.1) is 6.92 Å². The van der Waals surface area contributed by atoms with Crippen LogP contribution in [0.2, 0.25) is 0 Å². The van der Waals surface area contributed by atoms with Gasteiger partial charge in [0, 0.05) is 12.2 Å². The zero-order valence-electron chi connectivity index (χ0n) is 13.2. The third-order valence-corrected chi connectivity index (χ3v) is 4.05. The van der Waals surface area contributed by atoms with Gasteiger partial charge in [-0.2, -0.15) is 0 Å². The van der Waals surface area contributed by atoms with Crippen molar-refractivity contribution in [1.29, 1.82) is 0 Å². The number of fused-ring (bicyclic) bond motifs is 1. The van der Waals surface area contributed by atoms with E-state index in [2.05, 4.69) is 11.2 Å². The van der Waals surface area contributed by atoms with Gasteiger partial charge in [0.2, 0.25) is 0 Å². The van der Waals surface area contributed by atoms with E-state index in [1.807, 2.05) is 49.4 Å². The Morgan fingerprint density at radius 3 is 2.87 bits per heavy atom. The zero-order valence-corrected chi connectivity index (χ0v) is 13.2. The van der Waals surface area contributed by atoms with Gasteiger partial charge in [0.15, 0.2) is 6.61 Å². The van der Waals surface area contributed by atoms with Crippen molar-refractivity contribution in [2.24, 2.45) is 5.16 Å². The quantitative estimate of drug-likeness (QED) is 0.642. The molecule has 3 rings (SSSR count). The van der Waals surface area contributed by atoms with E-state index in [1.54, 1.807) is 11.1 Å². The second-order valence-electron chi connectivity index (χ2n) is 5.64. The first-order valence-electron chi connectivity index (χ1n) is 7.85. The Morgan fingerprint density at radius 2 is 2.00 bits per heavy atom. The molecule has 0 bridgehead atoms. The Kier molecular flexibility index (Phi) is 4.71. The van der Waals surface area contributed by atoms with Gasteiger partial charge in [-0.1, -0.05) is 47.6 Å². The molecule has 2 aromatic carbocycles. The van der Waals surface area contributed by atoms with E-state index in [-0.39, 0.29) is 12.5 Å². The number of carbonyl (C=O) groups is 1. The lowest BCUT2D eigenvalue weighted by molar-refractivity contribution is -0.123. The summed E-state index contributed by atoms with van der Waals surface area (Å²) in [6.07, 6.45) is 3.65. The molecular weight excluding hydrogens is 288 g/mol. The van der Waals surface area contributed by atoms with E-state index in [1.165, 1.54) is 5.56 Å². The van der Waals surface area contributed by atoms with Gasteiger partial charge in [0.25, 0.3) is 5.91 Å². The highest BCUT2D eigenvalue weighted by Crippen LogP contribution is 2.26. The van der Waals surface area contributed by atoms with Crippen molar-refractivity contribution in [3.05, 3.63) is 65.2 Å². The van der Waals surface area contributed by atoms with Crippen molar-refractivity contribution in [2.45, 2.75) is 19.8 Å². The maximum atomic E-state index is 12.4. The minimum Gasteiger partial charge on any atom is -0.386 e. The molecule has 1 aliphatic heterocycles. The number of anilines is 1. The summed E-state index contributed by atoms with van der Waals surface area (Å²) in [6, 6.07) is 15.9. The number of oxime groups is 1. The smallest absolute Gasteiger partial charge is 0.267 e. The maximum absolute atomic E-state index is 12.4. The van der Waals surface area contributed by atoms with Crippen LogP contribution in [0.4, 0.5) is 5.69 Å². The summed E-state index contributed by atoms with van der Waals surface area (Å²) in [5, 5.41) is 3.92. The predicted molar refractivity (Wildman–Crippen MR) is 91.8 cm³/mol. The third kappa shape index (κ3) is 3.59. The molecule has 0 fully saturated rings. The molecule has 0 aromatic heterocycles. The van der Waals surface area contributed by atoms with Crippen molar-refractivity contribution in [2.75, 3.05) is 18.1 Å². The Balaban J connectivity index is 1.59. The highest BCUT2D eigenvalue weighted by molar-refractivity contribution is 5.95. The normalized spacial score (nSPS) is 13.9. The highest BCUT2D eigenvalue weighted by atomic mass is 16.6. The molecule has 23 heavy (non-hydrogen) atoms. The van der Waals surface area contributed by atoms with Crippen LogP contribution in [0.3, 0.4) is 0 Å². The Morgan fingerprint density at radius 1 is 1.22 bits per heavy atom. The van der Waals surface area contributed by atoms with E-state index < -0.39 is 0 Å². The van der Waals surface area contributed by atoms with Crippen LogP contribution in [-0.2, 0) is 16.1 Å². The molecule has 1 amide bonds. The first-order chi connectivity index (χ1) is 11.3. The summed E-state index contributed by atoms with van der Waals surface area (Å²) in [5.41, 5.74) is 4.32. The van der Waals surface area contributed by atoms with Crippen LogP contribution in [0.1, 0.15) is 23.1 Å². The Bertz CT molecular complexity index is 725. The number of rotatable bonds is 4. The third-order valence-electron chi connectivity index (χ3n) is 4.05. The molecule has 0 atom stereocenters. The van der Waals surface area contributed by atoms with Crippen molar-refractivity contribution in [1.82, 2.24) is 0 Å². The van der Waals surface area contributed by atoms with Gasteiger partial charge in [-0.3, -0.25) is 4.79 Å². The van der Waals surface area contributed by atoms with Crippen molar-refractivity contribution in [3.63, 3.8) is 0 Å². The van der Waals surface area contributed by atoms with Crippen LogP contribution in [-0.4, -0.2) is 25.3 Å². The molecule has 1 heterocycles. The SMILES string of the molecule is Cc1ccccc1/C=N\OCC(=O)N1CCCc2ccccc21. The van der Waals surface area contributed by atoms with Gasteiger partial charge < -0.3 is 9.74 Å². The summed E-state index contributed by atoms with van der Waals surface area (Å²) < 4.78 is 0. The minimum atomic E-state index is -0.0564. The van der Waals surface area contributed by atoms with E-state index in [9.17, 15) is 4.79 Å². The van der Waals surface area contributed by atoms with Crippen molar-refractivity contribution < 1.29 is 9.63 Å². The number of para-hydroxylation sites is 1. The molecule has 2 aromatic rings. The fraction of sp³-hybridized carbons (Fsp3) is 0.263. The molecule has 0 N–H and O–H groups in total. The molecule has 4 heteroatoms.